The van der Waals surface area contributed by atoms with Crippen LogP contribution in [0.3, 0.4) is 0 Å². The minimum Gasteiger partial charge on any atom is -0.207 e. The first-order chi connectivity index (χ1) is 10.9. The zero-order chi connectivity index (χ0) is 16.9. The average molecular weight is 328 g/mol. The number of rotatable bonds is 5. The summed E-state index contributed by atoms with van der Waals surface area (Å²) in [7, 11) is 0. The molecular formula is C19H24F4. The Morgan fingerprint density at radius 1 is 1.09 bits per heavy atom. The topological polar surface area (TPSA) is 0 Å². The molecule has 0 unspecified atom stereocenters. The van der Waals surface area contributed by atoms with Gasteiger partial charge in [0, 0.05) is 0 Å². The van der Waals surface area contributed by atoms with Crippen molar-refractivity contribution in [1.82, 2.24) is 0 Å². The summed E-state index contributed by atoms with van der Waals surface area (Å²) < 4.78 is 51.0. The lowest BCUT2D eigenvalue weighted by Crippen LogP contribution is -2.15. The van der Waals surface area contributed by atoms with E-state index in [2.05, 4.69) is 19.1 Å². The lowest BCUT2D eigenvalue weighted by atomic mass is 9.77. The number of hydrogen-bond acceptors (Lipinski definition) is 0. The molecule has 0 N–H and O–H groups in total. The minimum atomic E-state index is -4.37. The number of hydrogen-bond donors (Lipinski definition) is 0. The molecule has 0 heterocycles. The standard InChI is InChI=1S/C19H24F4/c1-2-3-4-5-14-6-8-15(9-7-14)16-10-11-17(18(20)12-16)13-19(21,22)23/h3-4,10-12,14-15H,2,5-9,13H2,1H3/b4-3-. The second kappa shape index (κ2) is 7.98. The molecule has 0 aliphatic heterocycles. The fourth-order valence-corrected chi connectivity index (χ4v) is 3.36. The molecule has 2 rings (SSSR count). The summed E-state index contributed by atoms with van der Waals surface area (Å²) in [5, 5.41) is 0. The van der Waals surface area contributed by atoms with Gasteiger partial charge in [-0.05, 0) is 67.6 Å². The molecule has 128 valence electrons. The molecule has 1 fully saturated rings. The number of alkyl halides is 3. The van der Waals surface area contributed by atoms with Gasteiger partial charge in [0.25, 0.3) is 0 Å². The third kappa shape index (κ3) is 5.67. The van der Waals surface area contributed by atoms with Gasteiger partial charge in [-0.1, -0.05) is 31.2 Å². The van der Waals surface area contributed by atoms with Crippen molar-refractivity contribution >= 4 is 0 Å². The molecule has 0 spiro atoms. The maximum absolute atomic E-state index is 13.9. The highest BCUT2D eigenvalue weighted by Crippen LogP contribution is 2.38. The number of allylic oxidation sites excluding steroid dienone is 2. The van der Waals surface area contributed by atoms with Gasteiger partial charge < -0.3 is 0 Å². The Balaban J connectivity index is 1.93. The van der Waals surface area contributed by atoms with Crippen molar-refractivity contribution < 1.29 is 17.6 Å². The fourth-order valence-electron chi connectivity index (χ4n) is 3.36. The number of halogens is 4. The average Bonchev–Trinajstić information content (AvgIpc) is 2.49. The monoisotopic (exact) mass is 328 g/mol. The molecule has 1 aromatic rings. The molecule has 0 saturated heterocycles. The van der Waals surface area contributed by atoms with Gasteiger partial charge >= 0.3 is 6.18 Å². The summed E-state index contributed by atoms with van der Waals surface area (Å²) in [6.45, 7) is 2.12. The Hall–Kier alpha value is -1.32. The van der Waals surface area contributed by atoms with Gasteiger partial charge in [0.05, 0.1) is 6.42 Å². The first-order valence-electron chi connectivity index (χ1n) is 8.39. The van der Waals surface area contributed by atoms with Crippen LogP contribution in [-0.2, 0) is 6.42 Å². The van der Waals surface area contributed by atoms with E-state index < -0.39 is 18.4 Å². The lowest BCUT2D eigenvalue weighted by molar-refractivity contribution is -0.127. The first kappa shape index (κ1) is 18.0. The molecule has 0 amide bonds. The second-order valence-corrected chi connectivity index (χ2v) is 6.48. The largest absolute Gasteiger partial charge is 0.393 e. The molecule has 1 aromatic carbocycles. The summed E-state index contributed by atoms with van der Waals surface area (Å²) in [6, 6.07) is 4.28. The van der Waals surface area contributed by atoms with Gasteiger partial charge in [0.15, 0.2) is 0 Å². The van der Waals surface area contributed by atoms with Gasteiger partial charge in [0.2, 0.25) is 0 Å². The summed E-state index contributed by atoms with van der Waals surface area (Å²) in [6.07, 6.45) is 5.18. The summed E-state index contributed by atoms with van der Waals surface area (Å²) in [5.41, 5.74) is 0.579. The van der Waals surface area contributed by atoms with Gasteiger partial charge in [-0.2, -0.15) is 13.2 Å². The lowest BCUT2D eigenvalue weighted by Gasteiger charge is -2.28. The molecule has 0 nitrogen and oxygen atoms in total. The Bertz CT molecular complexity index is 523. The summed E-state index contributed by atoms with van der Waals surface area (Å²) in [4.78, 5) is 0. The third-order valence-electron chi connectivity index (χ3n) is 4.66. The Morgan fingerprint density at radius 2 is 1.78 bits per heavy atom. The molecule has 1 aliphatic rings. The van der Waals surface area contributed by atoms with Crippen LogP contribution in [0.2, 0.25) is 0 Å². The molecule has 1 saturated carbocycles. The molecule has 0 atom stereocenters. The van der Waals surface area contributed by atoms with Crippen molar-refractivity contribution in [2.45, 2.75) is 64.0 Å². The van der Waals surface area contributed by atoms with E-state index in [4.69, 9.17) is 0 Å². The first-order valence-corrected chi connectivity index (χ1v) is 8.39. The van der Waals surface area contributed by atoms with E-state index in [1.807, 2.05) is 0 Å². The molecule has 1 aliphatic carbocycles. The van der Waals surface area contributed by atoms with E-state index in [-0.39, 0.29) is 11.5 Å². The van der Waals surface area contributed by atoms with Gasteiger partial charge in [-0.3, -0.25) is 0 Å². The highest BCUT2D eigenvalue weighted by Gasteiger charge is 2.29. The molecule has 0 bridgehead atoms. The van der Waals surface area contributed by atoms with Gasteiger partial charge in [-0.25, -0.2) is 4.39 Å². The van der Waals surface area contributed by atoms with Crippen LogP contribution < -0.4 is 0 Å². The molecule has 4 heteroatoms. The fraction of sp³-hybridized carbons (Fsp3) is 0.579. The quantitative estimate of drug-likeness (QED) is 0.424. The van der Waals surface area contributed by atoms with Crippen molar-refractivity contribution in [3.05, 3.63) is 47.3 Å². The zero-order valence-corrected chi connectivity index (χ0v) is 13.5. The minimum absolute atomic E-state index is 0.264. The van der Waals surface area contributed by atoms with Crippen LogP contribution in [0.15, 0.2) is 30.4 Å². The van der Waals surface area contributed by atoms with Crippen LogP contribution in [0.4, 0.5) is 17.6 Å². The van der Waals surface area contributed by atoms with Gasteiger partial charge in [0.1, 0.15) is 5.82 Å². The maximum atomic E-state index is 13.9. The van der Waals surface area contributed by atoms with E-state index in [1.165, 1.54) is 12.1 Å². The van der Waals surface area contributed by atoms with Crippen molar-refractivity contribution in [3.63, 3.8) is 0 Å². The Labute approximate surface area is 135 Å². The van der Waals surface area contributed by atoms with E-state index in [9.17, 15) is 17.6 Å². The van der Waals surface area contributed by atoms with Crippen LogP contribution in [-0.4, -0.2) is 6.18 Å². The third-order valence-corrected chi connectivity index (χ3v) is 4.66. The second-order valence-electron chi connectivity index (χ2n) is 6.48. The normalized spacial score (nSPS) is 22.7. The molecule has 23 heavy (non-hydrogen) atoms. The van der Waals surface area contributed by atoms with E-state index in [0.717, 1.165) is 44.1 Å². The summed E-state index contributed by atoms with van der Waals surface area (Å²) in [5.74, 6) is 0.229. The predicted octanol–water partition coefficient (Wildman–Crippen LogP) is 6.56. The van der Waals surface area contributed by atoms with Crippen LogP contribution >= 0.6 is 0 Å². The van der Waals surface area contributed by atoms with Crippen molar-refractivity contribution in [2.75, 3.05) is 0 Å². The highest BCUT2D eigenvalue weighted by molar-refractivity contribution is 5.28. The number of benzene rings is 1. The van der Waals surface area contributed by atoms with Crippen LogP contribution in [0.25, 0.3) is 0 Å². The van der Waals surface area contributed by atoms with E-state index in [1.54, 1.807) is 6.07 Å². The van der Waals surface area contributed by atoms with E-state index >= 15 is 0 Å². The van der Waals surface area contributed by atoms with Crippen LogP contribution in [0, 0.1) is 11.7 Å². The molecule has 0 radical (unpaired) electrons. The van der Waals surface area contributed by atoms with Crippen LogP contribution in [0.5, 0.6) is 0 Å². The SMILES string of the molecule is CC/C=C\CC1CCC(c2ccc(CC(F)(F)F)c(F)c2)CC1. The zero-order valence-electron chi connectivity index (χ0n) is 13.5. The smallest absolute Gasteiger partial charge is 0.207 e. The van der Waals surface area contributed by atoms with Gasteiger partial charge in [-0.15, -0.1) is 0 Å². The van der Waals surface area contributed by atoms with E-state index in [0.29, 0.717) is 5.92 Å². The van der Waals surface area contributed by atoms with Crippen molar-refractivity contribution in [2.24, 2.45) is 5.92 Å². The maximum Gasteiger partial charge on any atom is 0.393 e. The molecule has 0 aromatic heterocycles. The van der Waals surface area contributed by atoms with Crippen molar-refractivity contribution in [1.29, 1.82) is 0 Å². The molecular weight excluding hydrogens is 304 g/mol. The Morgan fingerprint density at radius 3 is 2.35 bits per heavy atom. The Kier molecular flexibility index (Phi) is 6.25. The summed E-state index contributed by atoms with van der Waals surface area (Å²) >= 11 is 0. The van der Waals surface area contributed by atoms with Crippen LogP contribution in [0.1, 0.15) is 62.5 Å². The van der Waals surface area contributed by atoms with Crippen molar-refractivity contribution in [3.8, 4) is 0 Å². The highest BCUT2D eigenvalue weighted by atomic mass is 19.4. The predicted molar refractivity (Wildman–Crippen MR) is 84.9 cm³/mol.